The van der Waals surface area contributed by atoms with Crippen molar-refractivity contribution in [1.82, 2.24) is 14.5 Å². The van der Waals surface area contributed by atoms with E-state index >= 15 is 0 Å². The van der Waals surface area contributed by atoms with Crippen LogP contribution in [-0.2, 0) is 0 Å². The van der Waals surface area contributed by atoms with E-state index in [4.69, 9.17) is 14.4 Å². The van der Waals surface area contributed by atoms with Crippen LogP contribution in [0.5, 0.6) is 0 Å². The summed E-state index contributed by atoms with van der Waals surface area (Å²) < 4.78 is 8.97. The van der Waals surface area contributed by atoms with Crippen LogP contribution in [0.3, 0.4) is 0 Å². The SMILES string of the molecule is c1ccc(-c2nc(-n3c4ccccc4c4ccc5c6ccc7ccccc7c6oc5c43)nc3ccccc23)cc1. The fraction of sp³-hybridized carbons (Fsp3) is 0. The van der Waals surface area contributed by atoms with Gasteiger partial charge in [-0.3, -0.25) is 4.57 Å². The first-order chi connectivity index (χ1) is 19.8. The molecule has 3 aromatic heterocycles. The van der Waals surface area contributed by atoms with Crippen LogP contribution >= 0.6 is 0 Å². The largest absolute Gasteiger partial charge is 0.453 e. The molecule has 40 heavy (non-hydrogen) atoms. The van der Waals surface area contributed by atoms with Crippen LogP contribution in [0.15, 0.2) is 132 Å². The fourth-order valence-corrected chi connectivity index (χ4v) is 6.20. The molecule has 0 bridgehead atoms. The summed E-state index contributed by atoms with van der Waals surface area (Å²) in [5.74, 6) is 0.626. The first-order valence-corrected chi connectivity index (χ1v) is 13.4. The Kier molecular flexibility index (Phi) is 4.30. The average molecular weight is 512 g/mol. The maximum absolute atomic E-state index is 6.80. The summed E-state index contributed by atoms with van der Waals surface area (Å²) in [6.45, 7) is 0. The second kappa shape index (κ2) is 8.01. The van der Waals surface area contributed by atoms with Crippen LogP contribution in [0.2, 0.25) is 0 Å². The van der Waals surface area contributed by atoms with Crippen molar-refractivity contribution in [2.75, 3.05) is 0 Å². The van der Waals surface area contributed by atoms with E-state index in [2.05, 4.69) is 114 Å². The molecule has 0 radical (unpaired) electrons. The van der Waals surface area contributed by atoms with E-state index in [-0.39, 0.29) is 0 Å². The Labute approximate surface area is 228 Å². The number of hydrogen-bond acceptors (Lipinski definition) is 3. The molecule has 9 rings (SSSR count). The highest BCUT2D eigenvalue weighted by molar-refractivity contribution is 6.24. The number of nitrogens with zero attached hydrogens (tertiary/aromatic N) is 3. The van der Waals surface area contributed by atoms with Gasteiger partial charge in [-0.25, -0.2) is 9.97 Å². The van der Waals surface area contributed by atoms with E-state index in [1.165, 1.54) is 0 Å². The molecule has 0 aliphatic heterocycles. The molecule has 6 aromatic carbocycles. The standard InChI is InChI=1S/C36H21N3O/c1-2-11-23(12-3-1)32-29-15-6-8-16-30(29)37-36(38-32)39-31-17-9-7-14-25(31)26-20-21-28-27-19-18-22-10-4-5-13-24(22)34(27)40-35(28)33(26)39/h1-21H. The quantitative estimate of drug-likeness (QED) is 0.232. The highest BCUT2D eigenvalue weighted by Gasteiger charge is 2.22. The van der Waals surface area contributed by atoms with E-state index < -0.39 is 0 Å². The smallest absolute Gasteiger partial charge is 0.235 e. The molecule has 0 atom stereocenters. The summed E-state index contributed by atoms with van der Waals surface area (Å²) in [5, 5.41) is 7.75. The Morgan fingerprint density at radius 3 is 2.05 bits per heavy atom. The second-order valence-corrected chi connectivity index (χ2v) is 10.2. The van der Waals surface area contributed by atoms with Gasteiger partial charge in [0.2, 0.25) is 5.95 Å². The van der Waals surface area contributed by atoms with Crippen molar-refractivity contribution in [3.63, 3.8) is 0 Å². The van der Waals surface area contributed by atoms with Crippen LogP contribution in [0, 0.1) is 0 Å². The number of aromatic nitrogens is 3. The number of hydrogen-bond donors (Lipinski definition) is 0. The first kappa shape index (κ1) is 21.5. The second-order valence-electron chi connectivity index (χ2n) is 10.2. The van der Waals surface area contributed by atoms with Gasteiger partial charge in [-0.15, -0.1) is 0 Å². The van der Waals surface area contributed by atoms with Gasteiger partial charge in [-0.2, -0.15) is 0 Å². The topological polar surface area (TPSA) is 43.9 Å². The molecule has 0 aliphatic carbocycles. The number of para-hydroxylation sites is 2. The van der Waals surface area contributed by atoms with Crippen molar-refractivity contribution in [2.24, 2.45) is 0 Å². The van der Waals surface area contributed by atoms with Gasteiger partial charge in [0, 0.05) is 37.9 Å². The number of benzene rings is 6. The van der Waals surface area contributed by atoms with Crippen LogP contribution in [0.1, 0.15) is 0 Å². The zero-order valence-electron chi connectivity index (χ0n) is 21.4. The molecule has 0 amide bonds. The molecular weight excluding hydrogens is 490 g/mol. The van der Waals surface area contributed by atoms with Gasteiger partial charge in [0.25, 0.3) is 0 Å². The van der Waals surface area contributed by atoms with Crippen molar-refractivity contribution in [3.05, 3.63) is 127 Å². The van der Waals surface area contributed by atoms with Crippen molar-refractivity contribution in [1.29, 1.82) is 0 Å². The molecular formula is C36H21N3O. The van der Waals surface area contributed by atoms with Crippen molar-refractivity contribution in [3.8, 4) is 17.2 Å². The first-order valence-electron chi connectivity index (χ1n) is 13.4. The minimum Gasteiger partial charge on any atom is -0.453 e. The Balaban J connectivity index is 1.47. The number of fused-ring (bicyclic) bond motifs is 10. The van der Waals surface area contributed by atoms with E-state index in [0.717, 1.165) is 76.7 Å². The third-order valence-corrected chi connectivity index (χ3v) is 8.00. The summed E-state index contributed by atoms with van der Waals surface area (Å²) in [4.78, 5) is 10.4. The molecule has 186 valence electrons. The summed E-state index contributed by atoms with van der Waals surface area (Å²) >= 11 is 0. The molecule has 3 heterocycles. The van der Waals surface area contributed by atoms with E-state index in [0.29, 0.717) is 5.95 Å². The average Bonchev–Trinajstić information content (AvgIpc) is 3.57. The lowest BCUT2D eigenvalue weighted by atomic mass is 10.0. The molecule has 9 aromatic rings. The maximum Gasteiger partial charge on any atom is 0.235 e. The third kappa shape index (κ3) is 2.90. The highest BCUT2D eigenvalue weighted by Crippen LogP contribution is 2.41. The Bertz CT molecular complexity index is 2430. The minimum atomic E-state index is 0.626. The van der Waals surface area contributed by atoms with Gasteiger partial charge >= 0.3 is 0 Å². The molecule has 0 saturated carbocycles. The summed E-state index contributed by atoms with van der Waals surface area (Å²) in [5.41, 5.74) is 6.65. The normalized spacial score (nSPS) is 12.0. The van der Waals surface area contributed by atoms with Crippen LogP contribution in [0.25, 0.3) is 82.6 Å². The van der Waals surface area contributed by atoms with E-state index in [1.807, 2.05) is 18.2 Å². The molecule has 0 N–H and O–H groups in total. The van der Waals surface area contributed by atoms with Crippen molar-refractivity contribution < 1.29 is 4.42 Å². The molecule has 0 spiro atoms. The monoisotopic (exact) mass is 511 g/mol. The zero-order valence-corrected chi connectivity index (χ0v) is 21.4. The zero-order chi connectivity index (χ0) is 26.2. The van der Waals surface area contributed by atoms with Gasteiger partial charge < -0.3 is 4.42 Å². The Morgan fingerprint density at radius 1 is 0.475 bits per heavy atom. The molecule has 0 fully saturated rings. The van der Waals surface area contributed by atoms with Crippen molar-refractivity contribution in [2.45, 2.75) is 0 Å². The molecule has 0 saturated heterocycles. The molecule has 4 nitrogen and oxygen atoms in total. The predicted octanol–water partition coefficient (Wildman–Crippen LogP) is 9.45. The summed E-state index contributed by atoms with van der Waals surface area (Å²) in [6.07, 6.45) is 0. The van der Waals surface area contributed by atoms with Crippen LogP contribution in [0.4, 0.5) is 0 Å². The summed E-state index contributed by atoms with van der Waals surface area (Å²) in [6, 6.07) is 44.1. The lowest BCUT2D eigenvalue weighted by molar-refractivity contribution is 0.674. The third-order valence-electron chi connectivity index (χ3n) is 8.00. The number of rotatable bonds is 2. The number of furan rings is 1. The van der Waals surface area contributed by atoms with Gasteiger partial charge in [-0.1, -0.05) is 103 Å². The van der Waals surface area contributed by atoms with E-state index in [9.17, 15) is 0 Å². The van der Waals surface area contributed by atoms with Gasteiger partial charge in [0.1, 0.15) is 11.1 Å². The Hall–Kier alpha value is -5.48. The maximum atomic E-state index is 6.80. The Morgan fingerprint density at radius 2 is 1.15 bits per heavy atom. The minimum absolute atomic E-state index is 0.626. The highest BCUT2D eigenvalue weighted by atomic mass is 16.3. The molecule has 0 unspecified atom stereocenters. The van der Waals surface area contributed by atoms with Crippen molar-refractivity contribution >= 4 is 65.4 Å². The van der Waals surface area contributed by atoms with E-state index in [1.54, 1.807) is 0 Å². The van der Waals surface area contributed by atoms with Gasteiger partial charge in [0.05, 0.1) is 16.7 Å². The molecule has 4 heteroatoms. The van der Waals surface area contributed by atoms with Crippen LogP contribution in [-0.4, -0.2) is 14.5 Å². The van der Waals surface area contributed by atoms with Crippen LogP contribution < -0.4 is 0 Å². The predicted molar refractivity (Wildman–Crippen MR) is 164 cm³/mol. The lowest BCUT2D eigenvalue weighted by Crippen LogP contribution is -2.03. The molecule has 0 aliphatic rings. The summed E-state index contributed by atoms with van der Waals surface area (Å²) in [7, 11) is 0. The fourth-order valence-electron chi connectivity index (χ4n) is 6.20. The lowest BCUT2D eigenvalue weighted by Gasteiger charge is -2.11. The van der Waals surface area contributed by atoms with Gasteiger partial charge in [0.15, 0.2) is 5.58 Å². The van der Waals surface area contributed by atoms with Gasteiger partial charge in [-0.05, 0) is 29.7 Å².